The molecule has 0 saturated heterocycles. The second kappa shape index (κ2) is 4.80. The van der Waals surface area contributed by atoms with Gasteiger partial charge in [0.1, 0.15) is 18.1 Å². The van der Waals surface area contributed by atoms with Crippen molar-refractivity contribution in [2.45, 2.75) is 25.6 Å². The van der Waals surface area contributed by atoms with E-state index < -0.39 is 5.97 Å². The van der Waals surface area contributed by atoms with Crippen LogP contribution in [0, 0.1) is 0 Å². The number of rotatable bonds is 2. The molecule has 0 fully saturated rings. The van der Waals surface area contributed by atoms with Crippen LogP contribution in [-0.4, -0.2) is 38.8 Å². The zero-order chi connectivity index (χ0) is 16.1. The number of fused-ring (bicyclic) bond motifs is 5. The smallest absolute Gasteiger partial charge is 0.356 e. The van der Waals surface area contributed by atoms with Crippen LogP contribution in [0.1, 0.15) is 34.7 Å². The Bertz CT molecular complexity index is 829. The Morgan fingerprint density at radius 1 is 1.43 bits per heavy atom. The molecule has 2 unspecified atom stereocenters. The van der Waals surface area contributed by atoms with Crippen LogP contribution in [0.15, 0.2) is 34.9 Å². The Kier molecular flexibility index (Phi) is 2.87. The lowest BCUT2D eigenvalue weighted by molar-refractivity contribution is 0.0688. The second-order valence-corrected chi connectivity index (χ2v) is 5.63. The second-order valence-electron chi connectivity index (χ2n) is 5.63. The number of methoxy groups -OCH3 is 1. The van der Waals surface area contributed by atoms with Gasteiger partial charge in [0.25, 0.3) is 0 Å². The molecule has 1 aromatic carbocycles. The average molecular weight is 313 g/mol. The summed E-state index contributed by atoms with van der Waals surface area (Å²) >= 11 is 0. The molecule has 1 N–H and O–H groups in total. The Morgan fingerprint density at radius 2 is 2.26 bits per heavy atom. The minimum absolute atomic E-state index is 0.0216. The van der Waals surface area contributed by atoms with Crippen LogP contribution < -0.4 is 4.74 Å². The molecule has 23 heavy (non-hydrogen) atoms. The molecule has 8 nitrogen and oxygen atoms in total. The third-order valence-electron chi connectivity index (χ3n) is 4.32. The quantitative estimate of drug-likeness (QED) is 0.917. The zero-order valence-corrected chi connectivity index (χ0v) is 12.7. The topological polar surface area (TPSA) is 92.3 Å². The van der Waals surface area contributed by atoms with E-state index in [1.54, 1.807) is 13.4 Å². The molecule has 0 amide bonds. The molecular formula is C15H15N5O3. The molecule has 1 aromatic heterocycles. The molecule has 3 heterocycles. The maximum atomic E-state index is 11.4. The van der Waals surface area contributed by atoms with Crippen molar-refractivity contribution in [3.8, 4) is 11.4 Å². The van der Waals surface area contributed by atoms with Crippen LogP contribution in [0.2, 0.25) is 0 Å². The first-order chi connectivity index (χ1) is 11.1. The SMILES string of the molecule is COc1ccc2c(c1)C1C(C)N=NN1Cc1c(C(=O)O)ncn1-2. The van der Waals surface area contributed by atoms with Crippen LogP contribution in [0.3, 0.4) is 0 Å². The number of hydrogen-bond acceptors (Lipinski definition) is 6. The third kappa shape index (κ3) is 1.91. The number of carboxylic acids is 1. The van der Waals surface area contributed by atoms with E-state index in [0.717, 1.165) is 17.0 Å². The highest BCUT2D eigenvalue weighted by Crippen LogP contribution is 2.41. The molecular weight excluding hydrogens is 298 g/mol. The van der Waals surface area contributed by atoms with E-state index in [0.29, 0.717) is 12.2 Å². The van der Waals surface area contributed by atoms with Gasteiger partial charge in [0.2, 0.25) is 0 Å². The van der Waals surface area contributed by atoms with Gasteiger partial charge in [-0.05, 0) is 25.1 Å². The van der Waals surface area contributed by atoms with Gasteiger partial charge in [-0.2, -0.15) is 5.11 Å². The van der Waals surface area contributed by atoms with Gasteiger partial charge in [-0.1, -0.05) is 5.22 Å². The van der Waals surface area contributed by atoms with E-state index in [4.69, 9.17) is 4.74 Å². The van der Waals surface area contributed by atoms with E-state index >= 15 is 0 Å². The fraction of sp³-hybridized carbons (Fsp3) is 0.333. The van der Waals surface area contributed by atoms with Crippen LogP contribution in [0.25, 0.3) is 5.69 Å². The highest BCUT2D eigenvalue weighted by Gasteiger charge is 2.38. The number of benzene rings is 1. The van der Waals surface area contributed by atoms with Crippen molar-refractivity contribution >= 4 is 5.97 Å². The van der Waals surface area contributed by atoms with Gasteiger partial charge in [-0.15, -0.1) is 0 Å². The number of imidazole rings is 1. The molecule has 2 aliphatic heterocycles. The molecule has 0 spiro atoms. The fourth-order valence-electron chi connectivity index (χ4n) is 3.25. The predicted octanol–water partition coefficient (Wildman–Crippen LogP) is 2.21. The minimum atomic E-state index is -1.04. The summed E-state index contributed by atoms with van der Waals surface area (Å²) in [5.41, 5.74) is 2.52. The van der Waals surface area contributed by atoms with Crippen molar-refractivity contribution in [3.63, 3.8) is 0 Å². The third-order valence-corrected chi connectivity index (χ3v) is 4.32. The summed E-state index contributed by atoms with van der Waals surface area (Å²) in [7, 11) is 1.62. The van der Waals surface area contributed by atoms with Crippen molar-refractivity contribution in [1.29, 1.82) is 0 Å². The molecule has 8 heteroatoms. The monoisotopic (exact) mass is 313 g/mol. The molecule has 4 rings (SSSR count). The van der Waals surface area contributed by atoms with Crippen LogP contribution >= 0.6 is 0 Å². The van der Waals surface area contributed by atoms with E-state index in [1.165, 1.54) is 0 Å². The van der Waals surface area contributed by atoms with Crippen LogP contribution in [-0.2, 0) is 6.54 Å². The first kappa shape index (κ1) is 13.7. The number of hydrogen-bond donors (Lipinski definition) is 1. The number of ether oxygens (including phenoxy) is 1. The van der Waals surface area contributed by atoms with E-state index in [2.05, 4.69) is 15.3 Å². The lowest BCUT2D eigenvalue weighted by atomic mass is 9.99. The highest BCUT2D eigenvalue weighted by atomic mass is 16.5. The van der Waals surface area contributed by atoms with Crippen molar-refractivity contribution in [1.82, 2.24) is 14.6 Å². The van der Waals surface area contributed by atoms with E-state index in [1.807, 2.05) is 34.7 Å². The Morgan fingerprint density at radius 3 is 3.00 bits per heavy atom. The molecule has 2 atom stereocenters. The largest absolute Gasteiger partial charge is 0.497 e. The Labute approximate surface area is 132 Å². The molecule has 0 saturated carbocycles. The first-order valence-electron chi connectivity index (χ1n) is 7.25. The van der Waals surface area contributed by atoms with Crippen molar-refractivity contribution in [2.75, 3.05) is 7.11 Å². The molecule has 118 valence electrons. The normalized spacial score (nSPS) is 21.4. The minimum Gasteiger partial charge on any atom is -0.497 e. The van der Waals surface area contributed by atoms with Gasteiger partial charge < -0.3 is 14.4 Å². The lowest BCUT2D eigenvalue weighted by Gasteiger charge is -2.23. The Hall–Kier alpha value is -2.90. The highest BCUT2D eigenvalue weighted by molar-refractivity contribution is 5.87. The molecule has 0 aliphatic carbocycles. The summed E-state index contributed by atoms with van der Waals surface area (Å²) in [6.07, 6.45) is 1.55. The number of aromatic nitrogens is 2. The number of aromatic carboxylic acids is 1. The van der Waals surface area contributed by atoms with E-state index in [9.17, 15) is 9.90 Å². The average Bonchev–Trinajstić information content (AvgIpc) is 3.08. The van der Waals surface area contributed by atoms with Gasteiger partial charge in [0.05, 0.1) is 31.1 Å². The molecule has 0 radical (unpaired) electrons. The summed E-state index contributed by atoms with van der Waals surface area (Å²) < 4.78 is 7.16. The summed E-state index contributed by atoms with van der Waals surface area (Å²) in [6, 6.07) is 5.65. The van der Waals surface area contributed by atoms with E-state index in [-0.39, 0.29) is 17.8 Å². The maximum absolute atomic E-state index is 11.4. The summed E-state index contributed by atoms with van der Waals surface area (Å²) in [6.45, 7) is 2.34. The molecule has 2 aliphatic rings. The van der Waals surface area contributed by atoms with Gasteiger partial charge in [0, 0.05) is 5.56 Å². The number of carboxylic acid groups (broad SMARTS) is 1. The van der Waals surface area contributed by atoms with Crippen LogP contribution in [0.5, 0.6) is 5.75 Å². The van der Waals surface area contributed by atoms with Crippen molar-refractivity contribution in [2.24, 2.45) is 10.3 Å². The summed E-state index contributed by atoms with van der Waals surface area (Å²) in [5.74, 6) is -0.304. The molecule has 0 bridgehead atoms. The van der Waals surface area contributed by atoms with Crippen molar-refractivity contribution in [3.05, 3.63) is 41.5 Å². The maximum Gasteiger partial charge on any atom is 0.356 e. The standard InChI is InChI=1S/C15H15N5O3/c1-8-14-10-5-9(23-2)3-4-11(10)19-7-16-13(15(21)22)12(19)6-20(14)18-17-8/h3-5,7-8,14H,6H2,1-2H3,(H,21,22). The number of carbonyl (C=O) groups is 1. The van der Waals surface area contributed by atoms with Gasteiger partial charge in [0.15, 0.2) is 5.69 Å². The number of nitrogens with zero attached hydrogens (tertiary/aromatic N) is 5. The predicted molar refractivity (Wildman–Crippen MR) is 79.7 cm³/mol. The molecule has 2 aromatic rings. The van der Waals surface area contributed by atoms with Gasteiger partial charge in [-0.25, -0.2) is 9.78 Å². The lowest BCUT2D eigenvalue weighted by Crippen LogP contribution is -2.24. The van der Waals surface area contributed by atoms with Gasteiger partial charge >= 0.3 is 5.97 Å². The fourth-order valence-corrected chi connectivity index (χ4v) is 3.25. The Balaban J connectivity index is 1.98. The van der Waals surface area contributed by atoms with Crippen LogP contribution in [0.4, 0.5) is 0 Å². The summed E-state index contributed by atoms with van der Waals surface area (Å²) in [5, 5.41) is 19.6. The zero-order valence-electron chi connectivity index (χ0n) is 12.7. The van der Waals surface area contributed by atoms with Crippen molar-refractivity contribution < 1.29 is 14.6 Å². The first-order valence-corrected chi connectivity index (χ1v) is 7.25. The van der Waals surface area contributed by atoms with Gasteiger partial charge in [-0.3, -0.25) is 5.01 Å². The summed E-state index contributed by atoms with van der Waals surface area (Å²) in [4.78, 5) is 15.5.